The van der Waals surface area contributed by atoms with Gasteiger partial charge in [0, 0.05) is 31.0 Å². The molecule has 7 nitrogen and oxygen atoms in total. The number of piperidine rings is 1. The van der Waals surface area contributed by atoms with E-state index in [0.717, 1.165) is 5.56 Å². The van der Waals surface area contributed by atoms with Crippen LogP contribution in [0.2, 0.25) is 0 Å². The third-order valence-electron chi connectivity index (χ3n) is 3.92. The minimum atomic E-state index is -0.784. The third-order valence-corrected chi connectivity index (χ3v) is 3.92. The highest BCUT2D eigenvalue weighted by molar-refractivity contribution is 5.93. The number of likely N-dealkylation sites (tertiary alicyclic amines) is 1. The van der Waals surface area contributed by atoms with Gasteiger partial charge in [-0.1, -0.05) is 0 Å². The number of nitrogens with zero attached hydrogens (tertiary/aromatic N) is 3. The molecule has 1 fully saturated rings. The lowest BCUT2D eigenvalue weighted by atomic mass is 9.97. The predicted molar refractivity (Wildman–Crippen MR) is 78.1 cm³/mol. The number of nitrogens with one attached hydrogen (secondary N) is 1. The fraction of sp³-hybridized carbons (Fsp3) is 0.333. The van der Waals surface area contributed by atoms with Crippen LogP contribution in [0.5, 0.6) is 0 Å². The quantitative estimate of drug-likeness (QED) is 0.892. The van der Waals surface area contributed by atoms with Crippen molar-refractivity contribution in [3.8, 4) is 11.3 Å². The first-order chi connectivity index (χ1) is 10.6. The lowest BCUT2D eigenvalue weighted by molar-refractivity contribution is -0.143. The lowest BCUT2D eigenvalue weighted by Gasteiger charge is -2.29. The summed E-state index contributed by atoms with van der Waals surface area (Å²) in [6, 6.07) is 5.35. The van der Waals surface area contributed by atoms with E-state index in [1.807, 2.05) is 12.1 Å². The van der Waals surface area contributed by atoms with Crippen LogP contribution in [0, 0.1) is 5.92 Å². The fourth-order valence-corrected chi connectivity index (χ4v) is 2.60. The van der Waals surface area contributed by atoms with Crippen molar-refractivity contribution in [2.45, 2.75) is 12.8 Å². The molecule has 0 spiro atoms. The molecule has 2 aromatic heterocycles. The van der Waals surface area contributed by atoms with Gasteiger partial charge in [0.15, 0.2) is 0 Å². The minimum Gasteiger partial charge on any atom is -0.481 e. The lowest BCUT2D eigenvalue weighted by Crippen LogP contribution is -2.40. The smallest absolute Gasteiger partial charge is 0.306 e. The van der Waals surface area contributed by atoms with Gasteiger partial charge in [0.2, 0.25) is 0 Å². The second-order valence-corrected chi connectivity index (χ2v) is 5.31. The van der Waals surface area contributed by atoms with Crippen molar-refractivity contribution in [2.75, 3.05) is 13.1 Å². The molecule has 1 amide bonds. The number of amides is 1. The normalized spacial score (nSPS) is 15.7. The Hall–Kier alpha value is -2.70. The van der Waals surface area contributed by atoms with Crippen LogP contribution in [-0.4, -0.2) is 50.2 Å². The zero-order valence-corrected chi connectivity index (χ0v) is 11.9. The molecule has 0 saturated carbocycles. The number of hydrogen-bond donors (Lipinski definition) is 2. The monoisotopic (exact) mass is 300 g/mol. The maximum Gasteiger partial charge on any atom is 0.306 e. The molecule has 114 valence electrons. The summed E-state index contributed by atoms with van der Waals surface area (Å²) in [5.41, 5.74) is 1.99. The van der Waals surface area contributed by atoms with E-state index in [1.165, 1.54) is 0 Å². The van der Waals surface area contributed by atoms with Gasteiger partial charge < -0.3 is 10.0 Å². The summed E-state index contributed by atoms with van der Waals surface area (Å²) in [5, 5.41) is 15.9. The highest BCUT2D eigenvalue weighted by Crippen LogP contribution is 2.21. The van der Waals surface area contributed by atoms with Gasteiger partial charge in [-0.25, -0.2) is 0 Å². The van der Waals surface area contributed by atoms with Gasteiger partial charge in [0.1, 0.15) is 5.69 Å². The Morgan fingerprint density at radius 1 is 1.23 bits per heavy atom. The molecule has 0 atom stereocenters. The van der Waals surface area contributed by atoms with Gasteiger partial charge >= 0.3 is 5.97 Å². The Balaban J connectivity index is 1.69. The molecule has 0 aromatic carbocycles. The highest BCUT2D eigenvalue weighted by atomic mass is 16.4. The van der Waals surface area contributed by atoms with Crippen molar-refractivity contribution < 1.29 is 14.7 Å². The predicted octanol–water partition coefficient (Wildman–Crippen LogP) is 1.41. The van der Waals surface area contributed by atoms with Gasteiger partial charge in [-0.15, -0.1) is 0 Å². The first kappa shape index (κ1) is 14.2. The molecular weight excluding hydrogens is 284 g/mol. The highest BCUT2D eigenvalue weighted by Gasteiger charge is 2.28. The van der Waals surface area contributed by atoms with E-state index in [1.54, 1.807) is 23.4 Å². The molecule has 3 heterocycles. The average molecular weight is 300 g/mol. The molecule has 1 saturated heterocycles. The van der Waals surface area contributed by atoms with Gasteiger partial charge in [-0.2, -0.15) is 5.10 Å². The maximum absolute atomic E-state index is 12.4. The topological polar surface area (TPSA) is 99.2 Å². The summed E-state index contributed by atoms with van der Waals surface area (Å²) in [7, 11) is 0. The number of carbonyl (C=O) groups excluding carboxylic acids is 1. The van der Waals surface area contributed by atoms with Crippen LogP contribution in [0.25, 0.3) is 11.3 Å². The number of aromatic amines is 1. The standard InChI is InChI=1S/C15H16N4O3/c20-14(19-7-3-11(4-8-19)15(21)22)13-9-12(17-18-13)10-1-5-16-6-2-10/h1-2,5-6,9,11H,3-4,7-8H2,(H,17,18)(H,21,22). The van der Waals surface area contributed by atoms with Crippen LogP contribution in [0.4, 0.5) is 0 Å². The molecule has 3 rings (SSSR count). The number of hydrogen-bond acceptors (Lipinski definition) is 4. The molecule has 7 heteroatoms. The van der Waals surface area contributed by atoms with E-state index in [9.17, 15) is 9.59 Å². The van der Waals surface area contributed by atoms with Crippen molar-refractivity contribution in [3.05, 3.63) is 36.3 Å². The number of carboxylic acids is 1. The Labute approximate surface area is 127 Å². The number of carbonyl (C=O) groups is 2. The van der Waals surface area contributed by atoms with Crippen molar-refractivity contribution in [1.29, 1.82) is 0 Å². The maximum atomic E-state index is 12.4. The molecule has 1 aliphatic rings. The van der Waals surface area contributed by atoms with Crippen LogP contribution >= 0.6 is 0 Å². The second kappa shape index (κ2) is 5.97. The minimum absolute atomic E-state index is 0.142. The molecule has 0 radical (unpaired) electrons. The Morgan fingerprint density at radius 2 is 1.91 bits per heavy atom. The summed E-state index contributed by atoms with van der Waals surface area (Å²) in [5.74, 6) is -1.27. The number of pyridine rings is 1. The van der Waals surface area contributed by atoms with E-state index in [2.05, 4.69) is 15.2 Å². The molecule has 22 heavy (non-hydrogen) atoms. The largest absolute Gasteiger partial charge is 0.481 e. The zero-order chi connectivity index (χ0) is 15.5. The fourth-order valence-electron chi connectivity index (χ4n) is 2.60. The number of aromatic nitrogens is 3. The first-order valence-electron chi connectivity index (χ1n) is 7.13. The Bertz CT molecular complexity index is 675. The molecule has 2 N–H and O–H groups in total. The Morgan fingerprint density at radius 3 is 2.55 bits per heavy atom. The number of carboxylic acid groups (broad SMARTS) is 1. The van der Waals surface area contributed by atoms with Crippen molar-refractivity contribution >= 4 is 11.9 Å². The van der Waals surface area contributed by atoms with Gasteiger partial charge in [0.05, 0.1) is 11.6 Å². The van der Waals surface area contributed by atoms with E-state index in [0.29, 0.717) is 37.3 Å². The van der Waals surface area contributed by atoms with Gasteiger partial charge in [0.25, 0.3) is 5.91 Å². The summed E-state index contributed by atoms with van der Waals surface area (Å²) in [6.07, 6.45) is 4.32. The number of rotatable bonds is 3. The molecule has 2 aromatic rings. The van der Waals surface area contributed by atoms with Crippen LogP contribution in [0.15, 0.2) is 30.6 Å². The molecule has 0 aliphatic carbocycles. The van der Waals surface area contributed by atoms with Crippen molar-refractivity contribution in [1.82, 2.24) is 20.1 Å². The van der Waals surface area contributed by atoms with Crippen LogP contribution in [-0.2, 0) is 4.79 Å². The van der Waals surface area contributed by atoms with Gasteiger partial charge in [-0.3, -0.25) is 19.7 Å². The summed E-state index contributed by atoms with van der Waals surface area (Å²) in [4.78, 5) is 29.0. The first-order valence-corrected chi connectivity index (χ1v) is 7.13. The summed E-state index contributed by atoms with van der Waals surface area (Å²) >= 11 is 0. The SMILES string of the molecule is O=C(O)C1CCN(C(=O)c2cc(-c3ccncc3)n[nH]2)CC1. The van der Waals surface area contributed by atoms with Crippen LogP contribution < -0.4 is 0 Å². The summed E-state index contributed by atoms with van der Waals surface area (Å²) < 4.78 is 0. The number of aliphatic carboxylic acids is 1. The van der Waals surface area contributed by atoms with Crippen LogP contribution in [0.3, 0.4) is 0 Å². The average Bonchev–Trinajstić information content (AvgIpc) is 3.05. The number of H-pyrrole nitrogens is 1. The summed E-state index contributed by atoms with van der Waals surface area (Å²) in [6.45, 7) is 0.915. The van der Waals surface area contributed by atoms with E-state index < -0.39 is 5.97 Å². The molecule has 0 unspecified atom stereocenters. The van der Waals surface area contributed by atoms with Crippen molar-refractivity contribution in [3.63, 3.8) is 0 Å². The van der Waals surface area contributed by atoms with Crippen molar-refractivity contribution in [2.24, 2.45) is 5.92 Å². The second-order valence-electron chi connectivity index (χ2n) is 5.31. The van der Waals surface area contributed by atoms with Gasteiger partial charge in [-0.05, 0) is 31.0 Å². The van der Waals surface area contributed by atoms with E-state index in [-0.39, 0.29) is 11.8 Å². The third kappa shape index (κ3) is 2.83. The molecule has 1 aliphatic heterocycles. The van der Waals surface area contributed by atoms with E-state index >= 15 is 0 Å². The zero-order valence-electron chi connectivity index (χ0n) is 11.9. The Kier molecular flexibility index (Phi) is 3.86. The van der Waals surface area contributed by atoms with Crippen LogP contribution in [0.1, 0.15) is 23.3 Å². The molecular formula is C15H16N4O3. The molecule has 0 bridgehead atoms. The van der Waals surface area contributed by atoms with E-state index in [4.69, 9.17) is 5.11 Å².